The average Bonchev–Trinajstić information content (AvgIpc) is 2.85. The van der Waals surface area contributed by atoms with Gasteiger partial charge in [0.15, 0.2) is 0 Å². The van der Waals surface area contributed by atoms with E-state index in [9.17, 15) is 22.8 Å². The maximum Gasteiger partial charge on any atom is 0.490 e. The van der Waals surface area contributed by atoms with E-state index in [0.29, 0.717) is 41.7 Å². The van der Waals surface area contributed by atoms with E-state index in [-0.39, 0.29) is 12.3 Å². The number of rotatable bonds is 7. The summed E-state index contributed by atoms with van der Waals surface area (Å²) in [5.41, 5.74) is 1.67. The van der Waals surface area contributed by atoms with Gasteiger partial charge in [0, 0.05) is 26.1 Å². The fourth-order valence-electron chi connectivity index (χ4n) is 3.40. The van der Waals surface area contributed by atoms with Gasteiger partial charge in [-0.3, -0.25) is 4.79 Å². The van der Waals surface area contributed by atoms with Crippen LogP contribution in [0.15, 0.2) is 42.5 Å². The predicted octanol–water partition coefficient (Wildman–Crippen LogP) is 3.67. The maximum atomic E-state index is 12.5. The Balaban J connectivity index is 0.000000604. The molecule has 2 aromatic rings. The van der Waals surface area contributed by atoms with Crippen LogP contribution in [0.2, 0.25) is 10.0 Å². The maximum absolute atomic E-state index is 12.5. The number of carbonyl (C=O) groups excluding carboxylic acids is 2. The Kier molecular flexibility index (Phi) is 11.2. The van der Waals surface area contributed by atoms with Crippen molar-refractivity contribution in [2.75, 3.05) is 33.4 Å². The molecule has 8 nitrogen and oxygen atoms in total. The van der Waals surface area contributed by atoms with Crippen molar-refractivity contribution in [2.45, 2.75) is 24.6 Å². The molecule has 0 spiro atoms. The van der Waals surface area contributed by atoms with Crippen molar-refractivity contribution in [2.24, 2.45) is 0 Å². The zero-order valence-electron chi connectivity index (χ0n) is 19.7. The quantitative estimate of drug-likeness (QED) is 0.439. The van der Waals surface area contributed by atoms with Gasteiger partial charge in [-0.1, -0.05) is 41.4 Å². The summed E-state index contributed by atoms with van der Waals surface area (Å²) in [6, 6.07) is 12.3. The highest BCUT2D eigenvalue weighted by Gasteiger charge is 2.38. The monoisotopic (exact) mass is 564 g/mol. The Morgan fingerprint density at radius 3 is 2.24 bits per heavy atom. The van der Waals surface area contributed by atoms with Crippen LogP contribution in [0.5, 0.6) is 0 Å². The molecule has 1 fully saturated rings. The third-order valence-electron chi connectivity index (χ3n) is 5.23. The molecule has 3 N–H and O–H groups in total. The number of nitrogens with one attached hydrogen (secondary N) is 2. The van der Waals surface area contributed by atoms with Crippen LogP contribution in [-0.4, -0.2) is 68.1 Å². The molecule has 0 aliphatic carbocycles. The Morgan fingerprint density at radius 1 is 1.11 bits per heavy atom. The van der Waals surface area contributed by atoms with E-state index in [1.165, 1.54) is 7.11 Å². The lowest BCUT2D eigenvalue weighted by Gasteiger charge is -2.38. The number of alkyl halides is 3. The molecule has 1 heterocycles. The van der Waals surface area contributed by atoms with Gasteiger partial charge in [0.25, 0.3) is 0 Å². The van der Waals surface area contributed by atoms with Crippen LogP contribution in [0.3, 0.4) is 0 Å². The minimum absolute atomic E-state index is 0.122. The average molecular weight is 565 g/mol. The van der Waals surface area contributed by atoms with Crippen LogP contribution in [0.1, 0.15) is 21.5 Å². The van der Waals surface area contributed by atoms with Gasteiger partial charge in [0.2, 0.25) is 5.91 Å². The molecule has 0 saturated carbocycles. The number of aliphatic carboxylic acids is 1. The number of morpholine rings is 1. The molecule has 1 saturated heterocycles. The van der Waals surface area contributed by atoms with Crippen molar-refractivity contribution in [1.82, 2.24) is 10.6 Å². The van der Waals surface area contributed by atoms with Gasteiger partial charge in [0.1, 0.15) is 5.60 Å². The topological polar surface area (TPSA) is 114 Å². The fourth-order valence-corrected chi connectivity index (χ4v) is 3.72. The minimum Gasteiger partial charge on any atom is -0.475 e. The molecule has 1 aliphatic heterocycles. The van der Waals surface area contributed by atoms with Gasteiger partial charge in [-0.05, 0) is 35.4 Å². The summed E-state index contributed by atoms with van der Waals surface area (Å²) in [6.45, 7) is 2.30. The summed E-state index contributed by atoms with van der Waals surface area (Å²) in [5.74, 6) is -3.28. The molecule has 1 aliphatic rings. The molecule has 3 rings (SSSR count). The van der Waals surface area contributed by atoms with Gasteiger partial charge in [-0.25, -0.2) is 9.59 Å². The van der Waals surface area contributed by atoms with Crippen LogP contribution in [-0.2, 0) is 31.9 Å². The van der Waals surface area contributed by atoms with E-state index in [0.717, 1.165) is 17.7 Å². The van der Waals surface area contributed by atoms with Crippen molar-refractivity contribution < 1.29 is 42.1 Å². The standard InChI is InChI=1S/C22H24Cl2N2O4.C2HF3O2/c1-29-21(28)17-5-2-15(3-6-17)11-20(27)26-14-22(13-25-8-9-30-22)12-16-4-7-18(23)19(24)10-16;3-2(4,5)1(6)7/h2-7,10,25H,8-9,11-14H2,1H3,(H,26,27);(H,6,7). The number of amides is 1. The Morgan fingerprint density at radius 2 is 1.73 bits per heavy atom. The second kappa shape index (κ2) is 13.6. The predicted molar refractivity (Wildman–Crippen MR) is 130 cm³/mol. The van der Waals surface area contributed by atoms with E-state index < -0.39 is 23.7 Å². The Bertz CT molecular complexity index is 1090. The van der Waals surface area contributed by atoms with Crippen molar-refractivity contribution in [3.63, 3.8) is 0 Å². The molecular formula is C24H25Cl2F3N2O6. The number of carbonyl (C=O) groups is 3. The number of carboxylic acids is 1. The molecule has 1 amide bonds. The van der Waals surface area contributed by atoms with Crippen LogP contribution in [0.4, 0.5) is 13.2 Å². The number of halogens is 5. The molecule has 1 atom stereocenters. The minimum atomic E-state index is -5.08. The second-order valence-corrected chi connectivity index (χ2v) is 8.89. The van der Waals surface area contributed by atoms with E-state index in [1.807, 2.05) is 12.1 Å². The zero-order valence-corrected chi connectivity index (χ0v) is 21.2. The fraction of sp³-hybridized carbons (Fsp3) is 0.375. The van der Waals surface area contributed by atoms with Crippen LogP contribution in [0.25, 0.3) is 0 Å². The largest absolute Gasteiger partial charge is 0.490 e. The van der Waals surface area contributed by atoms with E-state index in [2.05, 4.69) is 15.4 Å². The Hall–Kier alpha value is -2.86. The molecule has 0 bridgehead atoms. The highest BCUT2D eigenvalue weighted by Crippen LogP contribution is 2.26. The van der Waals surface area contributed by atoms with Gasteiger partial charge in [0.05, 0.1) is 35.7 Å². The first-order valence-corrected chi connectivity index (χ1v) is 11.6. The number of hydrogen-bond acceptors (Lipinski definition) is 6. The molecule has 1 unspecified atom stereocenters. The molecule has 0 aromatic heterocycles. The summed E-state index contributed by atoms with van der Waals surface area (Å²) in [5, 5.41) is 14.4. The zero-order chi connectivity index (χ0) is 27.6. The lowest BCUT2D eigenvalue weighted by atomic mass is 9.92. The van der Waals surface area contributed by atoms with E-state index in [4.69, 9.17) is 37.8 Å². The Labute approximate surface area is 221 Å². The van der Waals surface area contributed by atoms with Crippen LogP contribution in [0, 0.1) is 0 Å². The first-order chi connectivity index (χ1) is 17.3. The third kappa shape index (κ3) is 9.84. The number of ether oxygens (including phenoxy) is 2. The van der Waals surface area contributed by atoms with Crippen molar-refractivity contribution in [3.8, 4) is 0 Å². The van der Waals surface area contributed by atoms with Crippen molar-refractivity contribution >= 4 is 41.0 Å². The SMILES string of the molecule is COC(=O)c1ccc(CC(=O)NCC2(Cc3ccc(Cl)c(Cl)c3)CNCCO2)cc1.O=C(O)C(F)(F)F. The summed E-state index contributed by atoms with van der Waals surface area (Å²) in [4.78, 5) is 32.9. The molecule has 37 heavy (non-hydrogen) atoms. The normalized spacial score (nSPS) is 17.2. The number of carboxylic acid groups (broad SMARTS) is 1. The summed E-state index contributed by atoms with van der Waals surface area (Å²) < 4.78 is 42.5. The van der Waals surface area contributed by atoms with E-state index >= 15 is 0 Å². The highest BCUT2D eigenvalue weighted by molar-refractivity contribution is 6.42. The smallest absolute Gasteiger partial charge is 0.475 e. The highest BCUT2D eigenvalue weighted by atomic mass is 35.5. The summed E-state index contributed by atoms with van der Waals surface area (Å²) in [6.07, 6.45) is -4.29. The number of benzene rings is 2. The number of esters is 1. The summed E-state index contributed by atoms with van der Waals surface area (Å²) >= 11 is 12.2. The van der Waals surface area contributed by atoms with Crippen LogP contribution < -0.4 is 10.6 Å². The lowest BCUT2D eigenvalue weighted by molar-refractivity contribution is -0.192. The molecular weight excluding hydrogens is 540 g/mol. The van der Waals surface area contributed by atoms with Gasteiger partial charge < -0.3 is 25.2 Å². The molecule has 202 valence electrons. The lowest BCUT2D eigenvalue weighted by Crippen LogP contribution is -2.57. The molecule has 2 aromatic carbocycles. The number of methoxy groups -OCH3 is 1. The second-order valence-electron chi connectivity index (χ2n) is 8.08. The van der Waals surface area contributed by atoms with Gasteiger partial charge in [-0.2, -0.15) is 13.2 Å². The number of hydrogen-bond donors (Lipinski definition) is 3. The van der Waals surface area contributed by atoms with E-state index in [1.54, 1.807) is 30.3 Å². The molecule has 13 heteroatoms. The van der Waals surface area contributed by atoms with Crippen molar-refractivity contribution in [3.05, 3.63) is 69.2 Å². The van der Waals surface area contributed by atoms with Crippen molar-refractivity contribution in [1.29, 1.82) is 0 Å². The first-order valence-electron chi connectivity index (χ1n) is 10.9. The van der Waals surface area contributed by atoms with Gasteiger partial charge in [-0.15, -0.1) is 0 Å². The first kappa shape index (κ1) is 30.4. The summed E-state index contributed by atoms with van der Waals surface area (Å²) in [7, 11) is 1.33. The van der Waals surface area contributed by atoms with Crippen LogP contribution >= 0.6 is 23.2 Å². The van der Waals surface area contributed by atoms with Gasteiger partial charge >= 0.3 is 18.1 Å². The molecule has 0 radical (unpaired) electrons. The third-order valence-corrected chi connectivity index (χ3v) is 5.97.